The molecule has 0 bridgehead atoms. The number of furan rings is 2. The van der Waals surface area contributed by atoms with Gasteiger partial charge in [0.05, 0.1) is 19.6 Å². The van der Waals surface area contributed by atoms with E-state index in [0.717, 1.165) is 24.9 Å². The molecule has 1 N–H and O–H groups in total. The van der Waals surface area contributed by atoms with Crippen molar-refractivity contribution in [1.82, 2.24) is 4.90 Å². The van der Waals surface area contributed by atoms with Gasteiger partial charge in [-0.05, 0) is 44.0 Å². The first-order chi connectivity index (χ1) is 11.2. The third-order valence-electron chi connectivity index (χ3n) is 4.36. The second-order valence-corrected chi connectivity index (χ2v) is 5.80. The third kappa shape index (κ3) is 3.48. The first-order valence-corrected chi connectivity index (χ1v) is 7.79. The molecule has 0 saturated carbocycles. The van der Waals surface area contributed by atoms with E-state index in [9.17, 15) is 9.90 Å². The predicted octanol–water partition coefficient (Wildman–Crippen LogP) is 2.75. The highest BCUT2D eigenvalue weighted by atomic mass is 16.5. The lowest BCUT2D eigenvalue weighted by Crippen LogP contribution is -2.30. The SMILES string of the molecule is COC(=O)c1occc1CN1CCCC1CC(O)c1ccco1. The predicted molar refractivity (Wildman–Crippen MR) is 81.8 cm³/mol. The van der Waals surface area contributed by atoms with E-state index in [1.165, 1.54) is 13.4 Å². The summed E-state index contributed by atoms with van der Waals surface area (Å²) < 4.78 is 15.2. The van der Waals surface area contributed by atoms with Gasteiger partial charge in [-0.25, -0.2) is 4.79 Å². The summed E-state index contributed by atoms with van der Waals surface area (Å²) in [5.41, 5.74) is 0.816. The van der Waals surface area contributed by atoms with E-state index in [4.69, 9.17) is 13.6 Å². The molecular formula is C17H21NO5. The van der Waals surface area contributed by atoms with E-state index in [2.05, 4.69) is 4.90 Å². The zero-order chi connectivity index (χ0) is 16.2. The summed E-state index contributed by atoms with van der Waals surface area (Å²) in [5.74, 6) is 0.386. The van der Waals surface area contributed by atoms with Gasteiger partial charge in [-0.2, -0.15) is 0 Å². The molecular weight excluding hydrogens is 298 g/mol. The fraction of sp³-hybridized carbons (Fsp3) is 0.471. The van der Waals surface area contributed by atoms with Crippen molar-refractivity contribution in [3.63, 3.8) is 0 Å². The molecule has 3 heterocycles. The Hall–Kier alpha value is -2.05. The van der Waals surface area contributed by atoms with Crippen LogP contribution in [-0.4, -0.2) is 35.7 Å². The van der Waals surface area contributed by atoms with Crippen LogP contribution in [0.15, 0.2) is 39.6 Å². The van der Waals surface area contributed by atoms with Crippen molar-refractivity contribution in [3.8, 4) is 0 Å². The van der Waals surface area contributed by atoms with Gasteiger partial charge in [-0.15, -0.1) is 0 Å². The molecule has 6 nitrogen and oxygen atoms in total. The molecule has 1 fully saturated rings. The quantitative estimate of drug-likeness (QED) is 0.825. The van der Waals surface area contributed by atoms with Crippen LogP contribution in [0.2, 0.25) is 0 Å². The Labute approximate surface area is 134 Å². The highest BCUT2D eigenvalue weighted by molar-refractivity contribution is 5.87. The second-order valence-electron chi connectivity index (χ2n) is 5.80. The Morgan fingerprint density at radius 3 is 3.04 bits per heavy atom. The van der Waals surface area contributed by atoms with Crippen molar-refractivity contribution in [3.05, 3.63) is 47.8 Å². The maximum absolute atomic E-state index is 11.7. The van der Waals surface area contributed by atoms with Gasteiger partial charge < -0.3 is 18.7 Å². The van der Waals surface area contributed by atoms with Gasteiger partial charge in [0.25, 0.3) is 0 Å². The Kier molecular flexibility index (Phi) is 4.83. The summed E-state index contributed by atoms with van der Waals surface area (Å²) in [5, 5.41) is 10.3. The van der Waals surface area contributed by atoms with E-state index in [1.807, 2.05) is 0 Å². The molecule has 2 atom stereocenters. The van der Waals surface area contributed by atoms with Gasteiger partial charge in [0.15, 0.2) is 0 Å². The number of carbonyl (C=O) groups is 1. The van der Waals surface area contributed by atoms with Crippen LogP contribution in [0.3, 0.4) is 0 Å². The summed E-state index contributed by atoms with van der Waals surface area (Å²) in [6, 6.07) is 5.61. The largest absolute Gasteiger partial charge is 0.467 e. The molecule has 6 heteroatoms. The van der Waals surface area contributed by atoms with Gasteiger partial charge in [0, 0.05) is 18.2 Å². The normalized spacial score (nSPS) is 19.8. The van der Waals surface area contributed by atoms with E-state index >= 15 is 0 Å². The maximum Gasteiger partial charge on any atom is 0.374 e. The topological polar surface area (TPSA) is 76.0 Å². The standard InChI is InChI=1S/C17H21NO5/c1-21-17(20)16-12(6-9-23-16)11-18-7-2-4-13(18)10-14(19)15-5-3-8-22-15/h3,5-6,8-9,13-14,19H,2,4,7,10-11H2,1H3. The lowest BCUT2D eigenvalue weighted by molar-refractivity contribution is 0.0559. The number of rotatable bonds is 6. The minimum atomic E-state index is -0.611. The zero-order valence-electron chi connectivity index (χ0n) is 13.1. The molecule has 1 aliphatic rings. The smallest absolute Gasteiger partial charge is 0.374 e. The van der Waals surface area contributed by atoms with Crippen LogP contribution in [0.4, 0.5) is 0 Å². The van der Waals surface area contributed by atoms with Crippen molar-refractivity contribution in [2.75, 3.05) is 13.7 Å². The average Bonchev–Trinajstić information content (AvgIpc) is 3.28. The molecule has 1 saturated heterocycles. The van der Waals surface area contributed by atoms with Crippen LogP contribution >= 0.6 is 0 Å². The molecule has 2 unspecified atom stereocenters. The van der Waals surface area contributed by atoms with Crippen molar-refractivity contribution in [2.45, 2.75) is 38.0 Å². The molecule has 0 aliphatic carbocycles. The van der Waals surface area contributed by atoms with E-state index in [0.29, 0.717) is 18.7 Å². The molecule has 1 aliphatic heterocycles. The molecule has 23 heavy (non-hydrogen) atoms. The van der Waals surface area contributed by atoms with E-state index in [-0.39, 0.29) is 11.8 Å². The number of carbonyl (C=O) groups excluding carboxylic acids is 1. The lowest BCUT2D eigenvalue weighted by atomic mass is 10.0. The number of esters is 1. The van der Waals surface area contributed by atoms with Crippen LogP contribution in [0.1, 0.15) is 47.2 Å². The molecule has 0 amide bonds. The third-order valence-corrected chi connectivity index (χ3v) is 4.36. The molecule has 0 radical (unpaired) electrons. The monoisotopic (exact) mass is 319 g/mol. The van der Waals surface area contributed by atoms with Crippen LogP contribution < -0.4 is 0 Å². The molecule has 0 aromatic carbocycles. The first-order valence-electron chi connectivity index (χ1n) is 7.79. The van der Waals surface area contributed by atoms with Crippen molar-refractivity contribution < 1.29 is 23.5 Å². The Bertz CT molecular complexity index is 633. The molecule has 124 valence electrons. The minimum Gasteiger partial charge on any atom is -0.467 e. The average molecular weight is 319 g/mol. The summed E-state index contributed by atoms with van der Waals surface area (Å²) >= 11 is 0. The Morgan fingerprint density at radius 1 is 1.43 bits per heavy atom. The maximum atomic E-state index is 11.7. The van der Waals surface area contributed by atoms with E-state index in [1.54, 1.807) is 24.5 Å². The lowest BCUT2D eigenvalue weighted by Gasteiger charge is -2.25. The zero-order valence-corrected chi connectivity index (χ0v) is 13.1. The minimum absolute atomic E-state index is 0.246. The van der Waals surface area contributed by atoms with Crippen LogP contribution in [0.25, 0.3) is 0 Å². The Morgan fingerprint density at radius 2 is 2.30 bits per heavy atom. The Balaban J connectivity index is 1.65. The fourth-order valence-electron chi connectivity index (χ4n) is 3.18. The van der Waals surface area contributed by atoms with Gasteiger partial charge in [0.1, 0.15) is 11.9 Å². The number of aliphatic hydroxyl groups excluding tert-OH is 1. The number of hydrogen-bond acceptors (Lipinski definition) is 6. The van der Waals surface area contributed by atoms with Gasteiger partial charge in [-0.1, -0.05) is 0 Å². The van der Waals surface area contributed by atoms with Gasteiger partial charge in [-0.3, -0.25) is 4.90 Å². The second kappa shape index (κ2) is 7.02. The van der Waals surface area contributed by atoms with Gasteiger partial charge in [0.2, 0.25) is 5.76 Å². The summed E-state index contributed by atoms with van der Waals surface area (Å²) in [7, 11) is 1.34. The summed E-state index contributed by atoms with van der Waals surface area (Å²) in [6.45, 7) is 1.54. The number of aliphatic hydroxyl groups is 1. The molecule has 3 rings (SSSR count). The van der Waals surface area contributed by atoms with Crippen molar-refractivity contribution in [2.24, 2.45) is 0 Å². The highest BCUT2D eigenvalue weighted by Crippen LogP contribution is 2.29. The van der Waals surface area contributed by atoms with E-state index < -0.39 is 12.1 Å². The highest BCUT2D eigenvalue weighted by Gasteiger charge is 2.29. The number of nitrogens with zero attached hydrogens (tertiary/aromatic N) is 1. The van der Waals surface area contributed by atoms with Crippen molar-refractivity contribution in [1.29, 1.82) is 0 Å². The molecule has 2 aromatic rings. The number of hydrogen-bond donors (Lipinski definition) is 1. The fourth-order valence-corrected chi connectivity index (χ4v) is 3.18. The van der Waals surface area contributed by atoms with Crippen LogP contribution in [0, 0.1) is 0 Å². The van der Waals surface area contributed by atoms with Gasteiger partial charge >= 0.3 is 5.97 Å². The number of methoxy groups -OCH3 is 1. The van der Waals surface area contributed by atoms with Crippen LogP contribution in [0.5, 0.6) is 0 Å². The molecule has 2 aromatic heterocycles. The summed E-state index contributed by atoms with van der Waals surface area (Å²) in [4.78, 5) is 14.0. The van der Waals surface area contributed by atoms with Crippen LogP contribution in [-0.2, 0) is 11.3 Å². The number of ether oxygens (including phenoxy) is 1. The van der Waals surface area contributed by atoms with Crippen molar-refractivity contribution >= 4 is 5.97 Å². The summed E-state index contributed by atoms with van der Waals surface area (Å²) in [6.07, 6.45) is 5.16. The first kappa shape index (κ1) is 15.8. The number of likely N-dealkylation sites (tertiary alicyclic amines) is 1. The molecule has 0 spiro atoms.